The highest BCUT2D eigenvalue weighted by Gasteiger charge is 2.58. The third kappa shape index (κ3) is 1.19. The molecule has 114 valence electrons. The molecule has 0 aromatic heterocycles. The van der Waals surface area contributed by atoms with E-state index in [1.54, 1.807) is 0 Å². The Morgan fingerprint density at radius 1 is 0.458 bits per heavy atom. The zero-order valence-electron chi connectivity index (χ0n) is 12.9. The van der Waals surface area contributed by atoms with Gasteiger partial charge in [0.15, 0.2) is 0 Å². The summed E-state index contributed by atoms with van der Waals surface area (Å²) in [6.45, 7) is 0. The van der Waals surface area contributed by atoms with Gasteiger partial charge < -0.3 is 9.59 Å². The Labute approximate surface area is 139 Å². The Morgan fingerprint density at radius 3 is 0.833 bits per heavy atom. The molecule has 0 heterocycles. The van der Waals surface area contributed by atoms with Crippen LogP contribution < -0.4 is 0 Å². The summed E-state index contributed by atoms with van der Waals surface area (Å²) in [7, 11) is 0. The fraction of sp³-hybridized carbons (Fsp3) is 0.0909. The van der Waals surface area contributed by atoms with E-state index < -0.39 is 10.8 Å². The highest BCUT2D eigenvalue weighted by atomic mass is 16.1. The van der Waals surface area contributed by atoms with Gasteiger partial charge in [0, 0.05) is 0 Å². The predicted molar refractivity (Wildman–Crippen MR) is 91.2 cm³/mol. The van der Waals surface area contributed by atoms with Gasteiger partial charge in [0.25, 0.3) is 0 Å². The van der Waals surface area contributed by atoms with Crippen molar-refractivity contribution in [2.45, 2.75) is 10.8 Å². The Hall–Kier alpha value is -3.00. The molecular weight excluding hydrogens is 296 g/mol. The molecule has 3 aromatic carbocycles. The van der Waals surface area contributed by atoms with Crippen LogP contribution in [0.2, 0.25) is 0 Å². The molecule has 0 radical (unpaired) electrons. The molecule has 0 atom stereocenters. The van der Waals surface area contributed by atoms with Gasteiger partial charge in [-0.3, -0.25) is 0 Å². The molecule has 24 heavy (non-hydrogen) atoms. The Kier molecular flexibility index (Phi) is 2.41. The molecule has 0 amide bonds. The highest BCUT2D eigenvalue weighted by Crippen LogP contribution is 2.60. The summed E-state index contributed by atoms with van der Waals surface area (Å²) in [5.41, 5.74) is 3.85. The Bertz CT molecular complexity index is 816. The first kappa shape index (κ1) is 13.4. The average Bonchev–Trinajstić information content (AvgIpc) is 2.67. The second-order valence-corrected chi connectivity index (χ2v) is 6.49. The molecule has 2 nitrogen and oxygen atoms in total. The van der Waals surface area contributed by atoms with E-state index in [-0.39, 0.29) is 0 Å². The Balaban J connectivity index is 2.10. The van der Waals surface area contributed by atoms with E-state index in [9.17, 15) is 9.59 Å². The van der Waals surface area contributed by atoms with Crippen LogP contribution in [-0.2, 0) is 20.4 Å². The largest absolute Gasteiger partial charge is 0.302 e. The predicted octanol–water partition coefficient (Wildman–Crippen LogP) is 3.38. The van der Waals surface area contributed by atoms with Crippen LogP contribution in [0.5, 0.6) is 0 Å². The average molecular weight is 310 g/mol. The van der Waals surface area contributed by atoms with Crippen molar-refractivity contribution in [2.75, 3.05) is 0 Å². The van der Waals surface area contributed by atoms with E-state index >= 15 is 0 Å². The molecule has 3 aliphatic carbocycles. The van der Waals surface area contributed by atoms with Gasteiger partial charge in [0.05, 0.1) is 0 Å². The molecule has 0 saturated heterocycles. The lowest BCUT2D eigenvalue weighted by atomic mass is 9.48. The first-order valence-corrected chi connectivity index (χ1v) is 8.03. The van der Waals surface area contributed by atoms with Crippen LogP contribution >= 0.6 is 0 Å². The van der Waals surface area contributed by atoms with Crippen LogP contribution in [0.1, 0.15) is 33.4 Å². The van der Waals surface area contributed by atoms with E-state index in [2.05, 4.69) is 0 Å². The number of hydrogen-bond acceptors (Lipinski definition) is 2. The minimum atomic E-state index is -0.839. The zero-order valence-corrected chi connectivity index (χ0v) is 12.9. The number of rotatable bonds is 2. The molecule has 6 rings (SSSR count). The topological polar surface area (TPSA) is 34.1 Å². The minimum absolute atomic E-state index is 0.839. The summed E-state index contributed by atoms with van der Waals surface area (Å²) >= 11 is 0. The van der Waals surface area contributed by atoms with E-state index in [1.807, 2.05) is 72.8 Å². The lowest BCUT2D eigenvalue weighted by Gasteiger charge is -2.52. The quantitative estimate of drug-likeness (QED) is 0.680. The number of aldehydes is 2. The molecule has 2 bridgehead atoms. The lowest BCUT2D eigenvalue weighted by molar-refractivity contribution is -0.113. The van der Waals surface area contributed by atoms with Crippen LogP contribution in [0, 0.1) is 0 Å². The van der Waals surface area contributed by atoms with Gasteiger partial charge in [0.1, 0.15) is 23.4 Å². The van der Waals surface area contributed by atoms with E-state index in [4.69, 9.17) is 0 Å². The van der Waals surface area contributed by atoms with Crippen LogP contribution in [-0.4, -0.2) is 12.6 Å². The number of hydrogen-bond donors (Lipinski definition) is 0. The van der Waals surface area contributed by atoms with Crippen molar-refractivity contribution in [3.8, 4) is 0 Å². The van der Waals surface area contributed by atoms with E-state index in [0.29, 0.717) is 0 Å². The summed E-state index contributed by atoms with van der Waals surface area (Å²) < 4.78 is 0. The standard InChI is InChI=1S/C22H14O2/c23-13-21-15-7-1-2-8-16(15)22(14-24,19-11-5-3-9-17(19)21)20-12-6-4-10-18(20)21/h1-14H. The molecule has 3 aliphatic rings. The van der Waals surface area contributed by atoms with Gasteiger partial charge in [-0.1, -0.05) is 72.8 Å². The minimum Gasteiger partial charge on any atom is -0.302 e. The summed E-state index contributed by atoms with van der Waals surface area (Å²) in [4.78, 5) is 25.1. The number of carbonyl (C=O) groups is 2. The molecule has 2 heteroatoms. The van der Waals surface area contributed by atoms with Crippen molar-refractivity contribution in [2.24, 2.45) is 0 Å². The highest BCUT2D eigenvalue weighted by molar-refractivity contribution is 5.97. The van der Waals surface area contributed by atoms with Crippen LogP contribution in [0.4, 0.5) is 0 Å². The lowest BCUT2D eigenvalue weighted by Crippen LogP contribution is -2.52. The van der Waals surface area contributed by atoms with Gasteiger partial charge in [-0.2, -0.15) is 0 Å². The molecule has 0 N–H and O–H groups in total. The maximum atomic E-state index is 12.5. The van der Waals surface area contributed by atoms with E-state index in [1.165, 1.54) is 0 Å². The fourth-order valence-electron chi connectivity index (χ4n) is 4.76. The molecule has 0 fully saturated rings. The third-order valence-electron chi connectivity index (χ3n) is 5.68. The maximum absolute atomic E-state index is 12.5. The summed E-state index contributed by atoms with van der Waals surface area (Å²) in [6, 6.07) is 23.5. The molecular formula is C22H14O2. The number of benzene rings is 3. The van der Waals surface area contributed by atoms with Gasteiger partial charge in [-0.25, -0.2) is 0 Å². The normalized spacial score (nSPS) is 25.3. The first-order valence-electron chi connectivity index (χ1n) is 8.03. The van der Waals surface area contributed by atoms with Crippen molar-refractivity contribution in [1.82, 2.24) is 0 Å². The van der Waals surface area contributed by atoms with Crippen molar-refractivity contribution in [3.05, 3.63) is 106 Å². The fourth-order valence-corrected chi connectivity index (χ4v) is 4.76. The smallest absolute Gasteiger partial charge is 0.139 e. The second kappa shape index (κ2) is 4.30. The molecule has 0 spiro atoms. The number of carbonyl (C=O) groups excluding carboxylic acids is 2. The summed E-state index contributed by atoms with van der Waals surface area (Å²) in [6.07, 6.45) is 2.08. The van der Waals surface area contributed by atoms with Crippen LogP contribution in [0.3, 0.4) is 0 Å². The van der Waals surface area contributed by atoms with Crippen molar-refractivity contribution >= 4 is 12.6 Å². The molecule has 0 saturated carbocycles. The van der Waals surface area contributed by atoms with Gasteiger partial charge in [-0.15, -0.1) is 0 Å². The Morgan fingerprint density at radius 2 is 0.667 bits per heavy atom. The third-order valence-corrected chi connectivity index (χ3v) is 5.68. The van der Waals surface area contributed by atoms with Crippen molar-refractivity contribution in [1.29, 1.82) is 0 Å². The SMILES string of the molecule is O=CC12c3ccccc3C(C=O)(c3ccccc31)c1ccccc12. The van der Waals surface area contributed by atoms with E-state index in [0.717, 1.165) is 46.0 Å². The van der Waals surface area contributed by atoms with Gasteiger partial charge in [-0.05, 0) is 33.4 Å². The second-order valence-electron chi connectivity index (χ2n) is 6.49. The molecule has 0 unspecified atom stereocenters. The van der Waals surface area contributed by atoms with Gasteiger partial charge >= 0.3 is 0 Å². The summed E-state index contributed by atoms with van der Waals surface area (Å²) in [5.74, 6) is 0. The molecule has 3 aromatic rings. The van der Waals surface area contributed by atoms with Crippen molar-refractivity contribution < 1.29 is 9.59 Å². The van der Waals surface area contributed by atoms with Crippen molar-refractivity contribution in [3.63, 3.8) is 0 Å². The van der Waals surface area contributed by atoms with Gasteiger partial charge in [0.2, 0.25) is 0 Å². The summed E-state index contributed by atoms with van der Waals surface area (Å²) in [5, 5.41) is 0. The zero-order chi connectivity index (χ0) is 16.4. The van der Waals surface area contributed by atoms with Crippen LogP contribution in [0.25, 0.3) is 0 Å². The monoisotopic (exact) mass is 310 g/mol. The first-order chi connectivity index (χ1) is 11.8. The maximum Gasteiger partial charge on any atom is 0.139 e. The molecule has 0 aliphatic heterocycles. The van der Waals surface area contributed by atoms with Crippen LogP contribution in [0.15, 0.2) is 72.8 Å².